The lowest BCUT2D eigenvalue weighted by Crippen LogP contribution is -2.42. The van der Waals surface area contributed by atoms with E-state index in [2.05, 4.69) is 11.0 Å². The molecule has 152 valence electrons. The number of benzene rings is 2. The minimum absolute atomic E-state index is 0.106. The Bertz CT molecular complexity index is 782. The summed E-state index contributed by atoms with van der Waals surface area (Å²) in [5.74, 6) is 2.28. The van der Waals surface area contributed by atoms with Crippen molar-refractivity contribution in [3.63, 3.8) is 0 Å². The third-order valence-electron chi connectivity index (χ3n) is 5.29. The predicted octanol–water partition coefficient (Wildman–Crippen LogP) is 3.97. The number of para-hydroxylation sites is 1. The summed E-state index contributed by atoms with van der Waals surface area (Å²) in [6, 6.07) is 13.9. The van der Waals surface area contributed by atoms with Crippen molar-refractivity contribution in [2.45, 2.75) is 44.9 Å². The first-order valence-electron chi connectivity index (χ1n) is 9.87. The van der Waals surface area contributed by atoms with Gasteiger partial charge in [0.05, 0.1) is 25.9 Å². The largest absolute Gasteiger partial charge is 0.496 e. The summed E-state index contributed by atoms with van der Waals surface area (Å²) in [6.45, 7) is 6.47. The van der Waals surface area contributed by atoms with Crippen molar-refractivity contribution in [3.05, 3.63) is 53.6 Å². The minimum Gasteiger partial charge on any atom is -0.496 e. The van der Waals surface area contributed by atoms with Gasteiger partial charge < -0.3 is 19.3 Å². The maximum Gasteiger partial charge on any atom is 0.161 e. The van der Waals surface area contributed by atoms with Crippen LogP contribution in [-0.2, 0) is 12.1 Å². The molecule has 0 spiro atoms. The summed E-state index contributed by atoms with van der Waals surface area (Å²) in [5, 5.41) is 11.2. The topological polar surface area (TPSA) is 51.2 Å². The highest BCUT2D eigenvalue weighted by Crippen LogP contribution is 2.38. The molecule has 1 N–H and O–H groups in total. The van der Waals surface area contributed by atoms with Crippen LogP contribution in [0.3, 0.4) is 0 Å². The number of likely N-dealkylation sites (tertiary alicyclic amines) is 1. The first-order valence-corrected chi connectivity index (χ1v) is 9.87. The Hall–Kier alpha value is -2.24. The molecule has 1 aliphatic rings. The molecule has 0 unspecified atom stereocenters. The molecular formula is C23H31NO4. The predicted molar refractivity (Wildman–Crippen MR) is 110 cm³/mol. The molecule has 1 aliphatic heterocycles. The normalized spacial score (nSPS) is 16.8. The van der Waals surface area contributed by atoms with Gasteiger partial charge in [0.1, 0.15) is 5.75 Å². The molecule has 0 aliphatic carbocycles. The van der Waals surface area contributed by atoms with E-state index in [1.54, 1.807) is 14.2 Å². The quantitative estimate of drug-likeness (QED) is 0.781. The van der Waals surface area contributed by atoms with Crippen LogP contribution in [0.5, 0.6) is 17.2 Å². The number of ether oxygens (including phenoxy) is 3. The summed E-state index contributed by atoms with van der Waals surface area (Å²) in [4.78, 5) is 2.36. The van der Waals surface area contributed by atoms with E-state index in [4.69, 9.17) is 14.2 Å². The molecule has 0 atom stereocenters. The van der Waals surface area contributed by atoms with Gasteiger partial charge in [0.2, 0.25) is 0 Å². The molecule has 1 heterocycles. The van der Waals surface area contributed by atoms with E-state index in [0.717, 1.165) is 42.4 Å². The van der Waals surface area contributed by atoms with Crippen LogP contribution in [0.25, 0.3) is 0 Å². The van der Waals surface area contributed by atoms with Gasteiger partial charge >= 0.3 is 0 Å². The zero-order valence-electron chi connectivity index (χ0n) is 17.3. The summed E-state index contributed by atoms with van der Waals surface area (Å²) < 4.78 is 16.7. The third-order valence-corrected chi connectivity index (χ3v) is 5.29. The highest BCUT2D eigenvalue weighted by Gasteiger charge is 2.36. The van der Waals surface area contributed by atoms with Gasteiger partial charge in [0.25, 0.3) is 0 Å². The van der Waals surface area contributed by atoms with Crippen LogP contribution in [-0.4, -0.2) is 43.4 Å². The summed E-state index contributed by atoms with van der Waals surface area (Å²) in [5.41, 5.74) is 1.22. The van der Waals surface area contributed by atoms with Crippen molar-refractivity contribution in [3.8, 4) is 17.2 Å². The second kappa shape index (κ2) is 8.84. The van der Waals surface area contributed by atoms with E-state index < -0.39 is 5.60 Å². The summed E-state index contributed by atoms with van der Waals surface area (Å²) in [7, 11) is 3.32. The summed E-state index contributed by atoms with van der Waals surface area (Å²) >= 11 is 0. The number of nitrogens with zero attached hydrogens (tertiary/aromatic N) is 1. The molecule has 0 saturated carbocycles. The molecule has 1 fully saturated rings. The number of aliphatic hydroxyl groups is 1. The van der Waals surface area contributed by atoms with Crippen LogP contribution in [0, 0.1) is 0 Å². The molecule has 0 aromatic heterocycles. The molecule has 0 amide bonds. The maximum absolute atomic E-state index is 11.2. The lowest BCUT2D eigenvalue weighted by atomic mass is 9.84. The molecule has 0 bridgehead atoms. The van der Waals surface area contributed by atoms with E-state index in [-0.39, 0.29) is 6.10 Å². The molecule has 0 radical (unpaired) electrons. The van der Waals surface area contributed by atoms with Gasteiger partial charge in [0, 0.05) is 25.2 Å². The van der Waals surface area contributed by atoms with Crippen molar-refractivity contribution in [2.24, 2.45) is 0 Å². The van der Waals surface area contributed by atoms with Gasteiger partial charge in [-0.05, 0) is 50.5 Å². The fourth-order valence-corrected chi connectivity index (χ4v) is 3.80. The standard InChI is InChI=1S/C23H31NO4/c1-17(2)28-21-10-9-18(15-22(21)27-4)16-24-13-11-23(25,12-14-24)19-7-5-6-8-20(19)26-3/h5-10,15,17,25H,11-14,16H2,1-4H3. The third kappa shape index (κ3) is 4.59. The van der Waals surface area contributed by atoms with E-state index >= 15 is 0 Å². The molecule has 3 rings (SSSR count). The lowest BCUT2D eigenvalue weighted by Gasteiger charge is -2.39. The van der Waals surface area contributed by atoms with E-state index in [1.807, 2.05) is 50.2 Å². The van der Waals surface area contributed by atoms with Gasteiger partial charge in [-0.25, -0.2) is 0 Å². The Kier molecular flexibility index (Phi) is 6.47. The molecule has 2 aromatic rings. The number of hydrogen-bond donors (Lipinski definition) is 1. The average Bonchev–Trinajstić information content (AvgIpc) is 2.70. The molecule has 28 heavy (non-hydrogen) atoms. The number of rotatable bonds is 7. The number of piperidine rings is 1. The zero-order chi connectivity index (χ0) is 20.1. The van der Waals surface area contributed by atoms with E-state index in [0.29, 0.717) is 12.8 Å². The Labute approximate surface area is 167 Å². The van der Waals surface area contributed by atoms with Crippen LogP contribution in [0.1, 0.15) is 37.8 Å². The van der Waals surface area contributed by atoms with Crippen LogP contribution >= 0.6 is 0 Å². The van der Waals surface area contributed by atoms with Crippen molar-refractivity contribution < 1.29 is 19.3 Å². The van der Waals surface area contributed by atoms with Gasteiger partial charge in [-0.1, -0.05) is 24.3 Å². The fraction of sp³-hybridized carbons (Fsp3) is 0.478. The second-order valence-electron chi connectivity index (χ2n) is 7.66. The van der Waals surface area contributed by atoms with E-state index in [1.165, 1.54) is 5.56 Å². The van der Waals surface area contributed by atoms with Crippen LogP contribution in [0.4, 0.5) is 0 Å². The maximum atomic E-state index is 11.2. The smallest absolute Gasteiger partial charge is 0.161 e. The van der Waals surface area contributed by atoms with Gasteiger partial charge in [0.15, 0.2) is 11.5 Å². The highest BCUT2D eigenvalue weighted by molar-refractivity contribution is 5.43. The van der Waals surface area contributed by atoms with Crippen molar-refractivity contribution in [1.82, 2.24) is 4.90 Å². The number of methoxy groups -OCH3 is 2. The Morgan fingerprint density at radius 2 is 1.64 bits per heavy atom. The molecule has 2 aromatic carbocycles. The highest BCUT2D eigenvalue weighted by atomic mass is 16.5. The van der Waals surface area contributed by atoms with Crippen LogP contribution in [0.2, 0.25) is 0 Å². The Morgan fingerprint density at radius 3 is 2.29 bits per heavy atom. The first-order chi connectivity index (χ1) is 13.4. The first kappa shape index (κ1) is 20.5. The van der Waals surface area contributed by atoms with Crippen molar-refractivity contribution in [2.75, 3.05) is 27.3 Å². The minimum atomic E-state index is -0.838. The van der Waals surface area contributed by atoms with E-state index in [9.17, 15) is 5.11 Å². The number of hydrogen-bond acceptors (Lipinski definition) is 5. The Morgan fingerprint density at radius 1 is 0.964 bits per heavy atom. The lowest BCUT2D eigenvalue weighted by molar-refractivity contribution is -0.0292. The van der Waals surface area contributed by atoms with Crippen LogP contribution in [0.15, 0.2) is 42.5 Å². The van der Waals surface area contributed by atoms with Gasteiger partial charge in [-0.15, -0.1) is 0 Å². The SMILES string of the molecule is COc1cc(CN2CCC(O)(c3ccccc3OC)CC2)ccc1OC(C)C. The molecule has 5 heteroatoms. The second-order valence-corrected chi connectivity index (χ2v) is 7.66. The van der Waals surface area contributed by atoms with Gasteiger partial charge in [-0.2, -0.15) is 0 Å². The molecular weight excluding hydrogens is 354 g/mol. The summed E-state index contributed by atoms with van der Waals surface area (Å²) in [6.07, 6.45) is 1.47. The zero-order valence-corrected chi connectivity index (χ0v) is 17.3. The monoisotopic (exact) mass is 385 g/mol. The van der Waals surface area contributed by atoms with Crippen molar-refractivity contribution in [1.29, 1.82) is 0 Å². The van der Waals surface area contributed by atoms with Crippen molar-refractivity contribution >= 4 is 0 Å². The molecule has 1 saturated heterocycles. The fourth-order valence-electron chi connectivity index (χ4n) is 3.80. The Balaban J connectivity index is 1.66. The average molecular weight is 386 g/mol. The molecule has 5 nitrogen and oxygen atoms in total. The van der Waals surface area contributed by atoms with Crippen LogP contribution < -0.4 is 14.2 Å². The van der Waals surface area contributed by atoms with Gasteiger partial charge in [-0.3, -0.25) is 4.90 Å².